The van der Waals surface area contributed by atoms with E-state index in [0.29, 0.717) is 50.8 Å². The molecule has 2 aromatic carbocycles. The number of nitrogens with zero attached hydrogens (tertiary/aromatic N) is 6. The number of aryl methyl sites for hydroxylation is 1. The number of nitrogen functional groups attached to an aromatic ring is 1. The fraction of sp³-hybridized carbons (Fsp3) is 0.296. The second-order valence-corrected chi connectivity index (χ2v) is 9.39. The number of anilines is 1. The Morgan fingerprint density at radius 1 is 1.05 bits per heavy atom. The van der Waals surface area contributed by atoms with Crippen LogP contribution in [0.4, 0.5) is 5.82 Å². The summed E-state index contributed by atoms with van der Waals surface area (Å²) in [6, 6.07) is 11.0. The third-order valence-corrected chi connectivity index (χ3v) is 6.91. The molecule has 6 rings (SSSR count). The molecule has 10 heteroatoms. The molecule has 2 N–H and O–H groups in total. The first-order valence-electron chi connectivity index (χ1n) is 12.1. The topological polar surface area (TPSA) is 123 Å². The number of methoxy groups -OCH3 is 2. The zero-order valence-corrected chi connectivity index (χ0v) is 21.1. The molecule has 1 aliphatic carbocycles. The van der Waals surface area contributed by atoms with Crippen LogP contribution in [0, 0.1) is 6.92 Å². The fourth-order valence-corrected chi connectivity index (χ4v) is 4.87. The van der Waals surface area contributed by atoms with E-state index >= 15 is 0 Å². The minimum absolute atomic E-state index is 0.0277. The molecule has 1 atom stereocenters. The molecule has 0 saturated heterocycles. The number of hydrogen-bond acceptors (Lipinski definition) is 8. The van der Waals surface area contributed by atoms with E-state index in [1.807, 2.05) is 54.8 Å². The summed E-state index contributed by atoms with van der Waals surface area (Å²) in [7, 11) is 3.18. The fourth-order valence-electron chi connectivity index (χ4n) is 4.87. The van der Waals surface area contributed by atoms with Gasteiger partial charge in [0.15, 0.2) is 17.1 Å². The van der Waals surface area contributed by atoms with Crippen LogP contribution in [0.15, 0.2) is 47.5 Å². The summed E-state index contributed by atoms with van der Waals surface area (Å²) >= 11 is 0. The van der Waals surface area contributed by atoms with Crippen LogP contribution in [0.25, 0.3) is 33.2 Å². The largest absolute Gasteiger partial charge is 0.493 e. The molecule has 188 valence electrons. The Kier molecular flexibility index (Phi) is 5.32. The number of nitrogens with two attached hydrogens (primary N) is 1. The van der Waals surface area contributed by atoms with E-state index in [0.717, 1.165) is 24.0 Å². The van der Waals surface area contributed by atoms with Gasteiger partial charge in [0, 0.05) is 11.6 Å². The Morgan fingerprint density at radius 2 is 1.84 bits per heavy atom. The van der Waals surface area contributed by atoms with Gasteiger partial charge in [0.2, 0.25) is 0 Å². The third kappa shape index (κ3) is 3.67. The molecule has 37 heavy (non-hydrogen) atoms. The Balaban J connectivity index is 1.58. The Morgan fingerprint density at radius 3 is 2.57 bits per heavy atom. The van der Waals surface area contributed by atoms with Gasteiger partial charge in [-0.15, -0.1) is 0 Å². The number of hydrogen-bond donors (Lipinski definition) is 1. The Bertz CT molecular complexity index is 1740. The zero-order chi connectivity index (χ0) is 25.8. The molecule has 3 aromatic heterocycles. The van der Waals surface area contributed by atoms with Crippen LogP contribution >= 0.6 is 0 Å². The van der Waals surface area contributed by atoms with Crippen LogP contribution in [0.3, 0.4) is 0 Å². The van der Waals surface area contributed by atoms with Crippen molar-refractivity contribution in [3.63, 3.8) is 0 Å². The Hall–Kier alpha value is -4.47. The lowest BCUT2D eigenvalue weighted by Crippen LogP contribution is -2.28. The van der Waals surface area contributed by atoms with Crippen LogP contribution in [0.5, 0.6) is 11.5 Å². The molecule has 0 aliphatic heterocycles. The predicted molar refractivity (Wildman–Crippen MR) is 141 cm³/mol. The van der Waals surface area contributed by atoms with E-state index < -0.39 is 6.04 Å². The number of benzene rings is 2. The van der Waals surface area contributed by atoms with Crippen LogP contribution in [-0.2, 0) is 0 Å². The van der Waals surface area contributed by atoms with E-state index in [9.17, 15) is 4.79 Å². The number of fused-ring (bicyclic) bond motifs is 2. The van der Waals surface area contributed by atoms with Crippen LogP contribution in [0.2, 0.25) is 0 Å². The molecule has 0 amide bonds. The highest BCUT2D eigenvalue weighted by Gasteiger charge is 2.32. The molecule has 1 saturated carbocycles. The van der Waals surface area contributed by atoms with Crippen molar-refractivity contribution in [1.29, 1.82) is 0 Å². The summed E-state index contributed by atoms with van der Waals surface area (Å²) in [5, 5.41) is 6.20. The summed E-state index contributed by atoms with van der Waals surface area (Å²) in [5.74, 6) is 2.14. The first-order valence-corrected chi connectivity index (χ1v) is 12.1. The quantitative estimate of drug-likeness (QED) is 0.373. The van der Waals surface area contributed by atoms with E-state index in [1.54, 1.807) is 18.9 Å². The molecular formula is C27H27N7O3. The van der Waals surface area contributed by atoms with Gasteiger partial charge in [-0.3, -0.25) is 9.36 Å². The Labute approximate surface area is 212 Å². The van der Waals surface area contributed by atoms with Crippen molar-refractivity contribution in [2.75, 3.05) is 20.0 Å². The van der Waals surface area contributed by atoms with E-state index in [-0.39, 0.29) is 11.6 Å². The van der Waals surface area contributed by atoms with Crippen molar-refractivity contribution in [2.45, 2.75) is 38.8 Å². The molecule has 1 fully saturated rings. The van der Waals surface area contributed by atoms with Gasteiger partial charge in [0.1, 0.15) is 29.7 Å². The van der Waals surface area contributed by atoms with Crippen molar-refractivity contribution < 1.29 is 9.47 Å². The molecule has 1 aliphatic rings. The standard InChI is InChI=1S/C27H27N7O3/c1-14-5-9-18-19(11-14)31-25(33(27(18)35)17-7-8-17)15(2)34-26-22(24(28)29-13-30-26)23(32-34)16-6-10-20(36-3)21(12-16)37-4/h5-6,9-13,15,17H,7-8H2,1-4H3,(H2,28,29,30). The predicted octanol–water partition coefficient (Wildman–Crippen LogP) is 4.06. The third-order valence-electron chi connectivity index (χ3n) is 6.91. The average Bonchev–Trinajstić information content (AvgIpc) is 3.66. The van der Waals surface area contributed by atoms with Crippen LogP contribution in [-0.4, -0.2) is 43.5 Å². The lowest BCUT2D eigenvalue weighted by molar-refractivity contribution is 0.355. The molecule has 0 radical (unpaired) electrons. The van der Waals surface area contributed by atoms with Crippen molar-refractivity contribution >= 4 is 27.8 Å². The first kappa shape index (κ1) is 23.0. The normalized spacial score (nSPS) is 14.3. The summed E-state index contributed by atoms with van der Waals surface area (Å²) < 4.78 is 14.5. The van der Waals surface area contributed by atoms with Crippen LogP contribution < -0.4 is 20.8 Å². The van der Waals surface area contributed by atoms with Crippen molar-refractivity contribution in [2.24, 2.45) is 0 Å². The average molecular weight is 498 g/mol. The van der Waals surface area contributed by atoms with Crippen molar-refractivity contribution in [3.8, 4) is 22.8 Å². The number of rotatable bonds is 6. The van der Waals surface area contributed by atoms with E-state index in [2.05, 4.69) is 9.97 Å². The second-order valence-electron chi connectivity index (χ2n) is 9.39. The smallest absolute Gasteiger partial charge is 0.261 e. The highest BCUT2D eigenvalue weighted by molar-refractivity contribution is 5.98. The van der Waals surface area contributed by atoms with Gasteiger partial charge in [0.25, 0.3) is 5.56 Å². The number of ether oxygens (including phenoxy) is 2. The molecular weight excluding hydrogens is 470 g/mol. The maximum absolute atomic E-state index is 13.6. The van der Waals surface area contributed by atoms with Gasteiger partial charge in [0.05, 0.1) is 30.5 Å². The van der Waals surface area contributed by atoms with Gasteiger partial charge in [-0.05, 0) is 62.6 Å². The number of aromatic nitrogens is 6. The van der Waals surface area contributed by atoms with Crippen molar-refractivity contribution in [1.82, 2.24) is 29.3 Å². The van der Waals surface area contributed by atoms with Crippen molar-refractivity contribution in [3.05, 3.63) is 64.5 Å². The minimum atomic E-state index is -0.399. The summed E-state index contributed by atoms with van der Waals surface area (Å²) in [6.45, 7) is 3.97. The highest BCUT2D eigenvalue weighted by atomic mass is 16.5. The van der Waals surface area contributed by atoms with E-state index in [1.165, 1.54) is 6.33 Å². The SMILES string of the molecule is COc1ccc(-c2nn(C(C)c3nc4cc(C)ccc4c(=O)n3C3CC3)c3ncnc(N)c23)cc1OC. The molecule has 3 heterocycles. The van der Waals surface area contributed by atoms with Gasteiger partial charge in [-0.2, -0.15) is 5.10 Å². The molecule has 1 unspecified atom stereocenters. The minimum Gasteiger partial charge on any atom is -0.493 e. The summed E-state index contributed by atoms with van der Waals surface area (Å²) in [6.07, 6.45) is 3.32. The van der Waals surface area contributed by atoms with Crippen LogP contribution in [0.1, 0.15) is 43.2 Å². The molecule has 5 aromatic rings. The second kappa shape index (κ2) is 8.58. The van der Waals surface area contributed by atoms with Gasteiger partial charge >= 0.3 is 0 Å². The van der Waals surface area contributed by atoms with Gasteiger partial charge in [-0.25, -0.2) is 19.6 Å². The highest BCUT2D eigenvalue weighted by Crippen LogP contribution is 2.39. The summed E-state index contributed by atoms with van der Waals surface area (Å²) in [4.78, 5) is 27.3. The van der Waals surface area contributed by atoms with Gasteiger partial charge in [-0.1, -0.05) is 6.07 Å². The molecule has 0 spiro atoms. The zero-order valence-electron chi connectivity index (χ0n) is 21.1. The van der Waals surface area contributed by atoms with E-state index in [4.69, 9.17) is 25.3 Å². The maximum Gasteiger partial charge on any atom is 0.261 e. The molecule has 0 bridgehead atoms. The lowest BCUT2D eigenvalue weighted by atomic mass is 10.1. The summed E-state index contributed by atoms with van der Waals surface area (Å²) in [5.41, 5.74) is 9.98. The monoisotopic (exact) mass is 497 g/mol. The first-order chi connectivity index (χ1) is 17.9. The molecule has 10 nitrogen and oxygen atoms in total. The van der Waals surface area contributed by atoms with Gasteiger partial charge < -0.3 is 15.2 Å². The lowest BCUT2D eigenvalue weighted by Gasteiger charge is -2.19. The maximum atomic E-state index is 13.6.